The highest BCUT2D eigenvalue weighted by molar-refractivity contribution is 6.34. The summed E-state index contributed by atoms with van der Waals surface area (Å²) in [6.45, 7) is 8.88. The largest absolute Gasteiger partial charge is 0.207 e. The molecule has 0 radical (unpaired) electrons. The first-order chi connectivity index (χ1) is 65.8. The molecule has 0 fully saturated rings. The highest BCUT2D eigenvalue weighted by Crippen LogP contribution is 2.54. The SMILES string of the molecule is Cc1cc(C)cc(-c2cc(-c3cc(-c4ccccc4)cc(-c4ccccc4)c3)c3ccc4c(-c5cc(C)cc(C)c5)cc(-c5cc(-c6ccccc6)cc(-c6ccccc6)c5)c5ccc2c3c45)c1.Fc1ccc(-c2cc(-c3cc(-c4ccccc4)cc(-c4ccccc4)c3)c3ccc4c(-c5ccc(F)cc5)cc(-c5cc(-c6ccccc6)cc(-c6ccccc6)c5)c5ccc2c3c45)cc1. The second-order valence-corrected chi connectivity index (χ2v) is 35.9. The molecule has 2 heteroatoms. The van der Waals surface area contributed by atoms with E-state index in [4.69, 9.17) is 0 Å². The average molecular weight is 1710 g/mol. The Bertz CT molecular complexity index is 7790. The van der Waals surface area contributed by atoms with Gasteiger partial charge in [0.15, 0.2) is 0 Å². The highest BCUT2D eigenvalue weighted by Gasteiger charge is 2.27. The molecule has 24 rings (SSSR count). The van der Waals surface area contributed by atoms with Crippen LogP contribution in [-0.4, -0.2) is 0 Å². The van der Waals surface area contributed by atoms with Gasteiger partial charge in [0.1, 0.15) is 11.6 Å². The van der Waals surface area contributed by atoms with Crippen LogP contribution < -0.4 is 0 Å². The third-order valence-corrected chi connectivity index (χ3v) is 27.0. The lowest BCUT2D eigenvalue weighted by Crippen LogP contribution is -1.96. The Balaban J connectivity index is 0.000000151. The summed E-state index contributed by atoms with van der Waals surface area (Å²) in [4.78, 5) is 0. The number of halogens is 2. The van der Waals surface area contributed by atoms with Crippen LogP contribution >= 0.6 is 0 Å². The van der Waals surface area contributed by atoms with Gasteiger partial charge in [-0.15, -0.1) is 0 Å². The van der Waals surface area contributed by atoms with E-state index < -0.39 is 0 Å². The standard InChI is InChI=1S/C68H50.C64H40F2/c1-43-29-44(2)32-55(31-43)63-41-65(57-37-51(47-17-9-5-10-18-47)35-52(38-57)48-19-11-6-12-20-48)61-28-26-60-64(56-33-45(3)30-46(4)34-56)42-66(62-27-25-59(63)67(61)68(60)62)58-39-53(49-21-13-7-14-22-49)36-54(40-58)50-23-15-8-16-24-50;65-53-25-21-45(22-26-53)59-39-61(51-35-47(41-13-5-1-6-14-41)33-48(36-51)42-15-7-2-8-16-42)57-31-29-56-60(46-23-27-54(66)28-24-46)40-62(58-32-30-55(59)63(57)64(56)58)52-37-49(43-17-9-3-10-18-43)34-50(38-52)44-19-11-4-12-20-44/h5-42H,1-4H3;1-40H. The lowest BCUT2D eigenvalue weighted by molar-refractivity contribution is 0.627. The van der Waals surface area contributed by atoms with Crippen LogP contribution in [0.15, 0.2) is 473 Å². The molecule has 632 valence electrons. The summed E-state index contributed by atoms with van der Waals surface area (Å²) in [5, 5.41) is 14.3. The molecule has 0 saturated carbocycles. The van der Waals surface area contributed by atoms with Crippen LogP contribution in [0, 0.1) is 39.3 Å². The van der Waals surface area contributed by atoms with E-state index in [0.717, 1.165) is 121 Å². The number of aryl methyl sites for hydroxylation is 4. The third kappa shape index (κ3) is 15.5. The predicted octanol–water partition coefficient (Wildman–Crippen LogP) is 37.4. The minimum atomic E-state index is -0.277. The monoisotopic (exact) mass is 1710 g/mol. The molecule has 0 heterocycles. The van der Waals surface area contributed by atoms with Gasteiger partial charge in [-0.1, -0.05) is 374 Å². The number of hydrogen-bond acceptors (Lipinski definition) is 0. The first-order valence-corrected chi connectivity index (χ1v) is 46.2. The molecule has 24 aromatic carbocycles. The molecule has 0 aromatic heterocycles. The van der Waals surface area contributed by atoms with Crippen LogP contribution in [0.1, 0.15) is 22.3 Å². The summed E-state index contributed by atoms with van der Waals surface area (Å²) in [5.74, 6) is -0.554. The van der Waals surface area contributed by atoms with Crippen LogP contribution in [0.5, 0.6) is 0 Å². The molecule has 0 aliphatic carbocycles. The topological polar surface area (TPSA) is 0 Å². The minimum absolute atomic E-state index is 0.277. The molecule has 0 aliphatic rings. The third-order valence-electron chi connectivity index (χ3n) is 27.0. The van der Waals surface area contributed by atoms with Crippen LogP contribution in [-0.2, 0) is 0 Å². The molecule has 0 saturated heterocycles. The summed E-state index contributed by atoms with van der Waals surface area (Å²) in [5.41, 5.74) is 41.7. The van der Waals surface area contributed by atoms with E-state index in [1.165, 1.54) is 144 Å². The lowest BCUT2D eigenvalue weighted by Gasteiger charge is -2.23. The van der Waals surface area contributed by atoms with Gasteiger partial charge in [-0.2, -0.15) is 0 Å². The van der Waals surface area contributed by atoms with Gasteiger partial charge < -0.3 is 0 Å². The Morgan fingerprint density at radius 2 is 0.254 bits per heavy atom. The normalized spacial score (nSPS) is 11.5. The Morgan fingerprint density at radius 3 is 0.418 bits per heavy atom. The van der Waals surface area contributed by atoms with E-state index in [1.807, 2.05) is 24.3 Å². The minimum Gasteiger partial charge on any atom is -0.207 e. The van der Waals surface area contributed by atoms with Gasteiger partial charge in [0, 0.05) is 0 Å². The average Bonchev–Trinajstić information content (AvgIpc) is 0.707. The summed E-state index contributed by atoms with van der Waals surface area (Å²) in [6, 6.07) is 170. The quantitative estimate of drug-likeness (QED) is 0.0846. The Kier molecular flexibility index (Phi) is 21.1. The van der Waals surface area contributed by atoms with Crippen molar-refractivity contribution in [2.75, 3.05) is 0 Å². The van der Waals surface area contributed by atoms with Crippen LogP contribution in [0.4, 0.5) is 8.78 Å². The summed E-state index contributed by atoms with van der Waals surface area (Å²) in [7, 11) is 0. The zero-order chi connectivity index (χ0) is 90.0. The molecule has 0 unspecified atom stereocenters. The van der Waals surface area contributed by atoms with Gasteiger partial charge in [-0.25, -0.2) is 8.78 Å². The van der Waals surface area contributed by atoms with Crippen molar-refractivity contribution in [3.05, 3.63) is 507 Å². The maximum atomic E-state index is 14.7. The fourth-order valence-corrected chi connectivity index (χ4v) is 20.9. The van der Waals surface area contributed by atoms with Crippen molar-refractivity contribution in [1.29, 1.82) is 0 Å². The van der Waals surface area contributed by atoms with Gasteiger partial charge >= 0.3 is 0 Å². The van der Waals surface area contributed by atoms with Gasteiger partial charge in [-0.3, -0.25) is 0 Å². The molecule has 24 aromatic rings. The van der Waals surface area contributed by atoms with Crippen molar-refractivity contribution in [1.82, 2.24) is 0 Å². The van der Waals surface area contributed by atoms with Crippen molar-refractivity contribution in [3.8, 4) is 178 Å². The maximum Gasteiger partial charge on any atom is 0.123 e. The predicted molar refractivity (Wildman–Crippen MR) is 566 cm³/mol. The number of hydrogen-bond donors (Lipinski definition) is 0. The molecule has 0 spiro atoms. The molecule has 0 amide bonds. The molecule has 0 N–H and O–H groups in total. The summed E-state index contributed by atoms with van der Waals surface area (Å²) in [6.07, 6.45) is 0. The zero-order valence-corrected chi connectivity index (χ0v) is 74.8. The lowest BCUT2D eigenvalue weighted by atomic mass is 9.80. The van der Waals surface area contributed by atoms with Crippen molar-refractivity contribution >= 4 is 64.6 Å². The summed E-state index contributed by atoms with van der Waals surface area (Å²) < 4.78 is 29.4. The van der Waals surface area contributed by atoms with E-state index in [9.17, 15) is 8.78 Å². The van der Waals surface area contributed by atoms with Gasteiger partial charge in [0.05, 0.1) is 0 Å². The Labute approximate surface area is 780 Å². The second-order valence-electron chi connectivity index (χ2n) is 35.9. The van der Waals surface area contributed by atoms with Crippen molar-refractivity contribution < 1.29 is 8.78 Å². The van der Waals surface area contributed by atoms with Crippen LogP contribution in [0.3, 0.4) is 0 Å². The van der Waals surface area contributed by atoms with Gasteiger partial charge in [-0.05, 0) is 392 Å². The first kappa shape index (κ1) is 81.7. The highest BCUT2D eigenvalue weighted by atomic mass is 19.1. The maximum absolute atomic E-state index is 14.7. The molecular formula is C132H90F2. The second kappa shape index (κ2) is 34.6. The van der Waals surface area contributed by atoms with Crippen molar-refractivity contribution in [2.24, 2.45) is 0 Å². The Morgan fingerprint density at radius 1 is 0.112 bits per heavy atom. The fraction of sp³-hybridized carbons (Fsp3) is 0.0303. The fourth-order valence-electron chi connectivity index (χ4n) is 20.9. The zero-order valence-electron chi connectivity index (χ0n) is 74.8. The van der Waals surface area contributed by atoms with E-state index in [-0.39, 0.29) is 11.6 Å². The van der Waals surface area contributed by atoms with E-state index >= 15 is 0 Å². The molecule has 0 bridgehead atoms. The molecule has 0 nitrogen and oxygen atoms in total. The number of benzene rings is 24. The van der Waals surface area contributed by atoms with Crippen molar-refractivity contribution in [3.63, 3.8) is 0 Å². The molecule has 134 heavy (non-hydrogen) atoms. The molecule has 0 aliphatic heterocycles. The smallest absolute Gasteiger partial charge is 0.123 e. The van der Waals surface area contributed by atoms with E-state index in [2.05, 4.69) is 452 Å². The molecular weight excluding hydrogens is 1620 g/mol. The van der Waals surface area contributed by atoms with Gasteiger partial charge in [0.25, 0.3) is 0 Å². The van der Waals surface area contributed by atoms with Crippen LogP contribution in [0.2, 0.25) is 0 Å². The van der Waals surface area contributed by atoms with E-state index in [0.29, 0.717) is 0 Å². The molecule has 0 atom stereocenters. The first-order valence-electron chi connectivity index (χ1n) is 46.2. The van der Waals surface area contributed by atoms with Crippen molar-refractivity contribution in [2.45, 2.75) is 27.7 Å². The number of rotatable bonds is 16. The van der Waals surface area contributed by atoms with Gasteiger partial charge in [0.2, 0.25) is 0 Å². The summed E-state index contributed by atoms with van der Waals surface area (Å²) >= 11 is 0. The Hall–Kier alpha value is -16.8. The van der Waals surface area contributed by atoms with E-state index in [1.54, 1.807) is 24.3 Å². The van der Waals surface area contributed by atoms with Crippen LogP contribution in [0.25, 0.3) is 243 Å².